The highest BCUT2D eigenvalue weighted by molar-refractivity contribution is 7.89. The van der Waals surface area contributed by atoms with Crippen molar-refractivity contribution in [3.8, 4) is 0 Å². The summed E-state index contributed by atoms with van der Waals surface area (Å²) in [6, 6.07) is 4.31. The zero-order valence-corrected chi connectivity index (χ0v) is 17.1. The van der Waals surface area contributed by atoms with Gasteiger partial charge in [-0.2, -0.15) is 4.31 Å². The van der Waals surface area contributed by atoms with E-state index in [9.17, 15) is 13.2 Å². The lowest BCUT2D eigenvalue weighted by Gasteiger charge is -2.25. The number of likely N-dealkylation sites (N-methyl/N-ethyl adjacent to an activating group) is 1. The first-order valence-corrected chi connectivity index (χ1v) is 10.9. The fourth-order valence-electron chi connectivity index (χ4n) is 3.10. The maximum atomic E-state index is 13.0. The number of carbonyl (C=O) groups is 1. The molecule has 146 valence electrons. The number of benzene rings is 1. The van der Waals surface area contributed by atoms with Crippen LogP contribution in [0.15, 0.2) is 23.1 Å². The van der Waals surface area contributed by atoms with E-state index in [2.05, 4.69) is 0 Å². The molecule has 1 amide bonds. The van der Waals surface area contributed by atoms with Crippen molar-refractivity contribution in [1.29, 1.82) is 0 Å². The van der Waals surface area contributed by atoms with Crippen molar-refractivity contribution in [3.63, 3.8) is 0 Å². The summed E-state index contributed by atoms with van der Waals surface area (Å²) in [4.78, 5) is 14.7. The highest BCUT2D eigenvalue weighted by Gasteiger charge is 2.27. The van der Waals surface area contributed by atoms with Gasteiger partial charge in [-0.25, -0.2) is 8.42 Å². The van der Waals surface area contributed by atoms with Gasteiger partial charge in [0.05, 0.1) is 21.6 Å². The van der Waals surface area contributed by atoms with Crippen LogP contribution >= 0.6 is 11.6 Å². The molecule has 6 nitrogen and oxygen atoms in total. The quantitative estimate of drug-likeness (QED) is 0.670. The Labute approximate surface area is 161 Å². The first-order chi connectivity index (χ1) is 12.3. The van der Waals surface area contributed by atoms with Crippen LogP contribution in [0.2, 0.25) is 5.02 Å². The molecule has 0 saturated carbocycles. The van der Waals surface area contributed by atoms with Gasteiger partial charge in [-0.1, -0.05) is 25.4 Å². The average molecular weight is 403 g/mol. The molecule has 0 aliphatic carbocycles. The summed E-state index contributed by atoms with van der Waals surface area (Å²) in [6.07, 6.45) is 1.95. The molecule has 0 radical (unpaired) electrons. The lowest BCUT2D eigenvalue weighted by atomic mass is 10.1. The van der Waals surface area contributed by atoms with Crippen LogP contribution < -0.4 is 0 Å². The molecule has 8 heteroatoms. The van der Waals surface area contributed by atoms with E-state index < -0.39 is 10.0 Å². The molecule has 0 N–H and O–H groups in total. The number of nitrogens with zero attached hydrogens (tertiary/aromatic N) is 2. The number of hydrogen-bond acceptors (Lipinski definition) is 4. The maximum Gasteiger partial charge on any atom is 0.255 e. The molecule has 2 rings (SSSR count). The molecule has 1 saturated heterocycles. The molecule has 0 aromatic heterocycles. The Bertz CT molecular complexity index is 729. The predicted molar refractivity (Wildman–Crippen MR) is 102 cm³/mol. The van der Waals surface area contributed by atoms with Crippen LogP contribution in [0.4, 0.5) is 0 Å². The zero-order valence-electron chi connectivity index (χ0n) is 15.6. The number of sulfonamides is 1. The van der Waals surface area contributed by atoms with E-state index in [4.69, 9.17) is 16.3 Å². The Morgan fingerprint density at radius 2 is 1.92 bits per heavy atom. The monoisotopic (exact) mass is 402 g/mol. The van der Waals surface area contributed by atoms with Gasteiger partial charge in [0.25, 0.3) is 5.91 Å². The summed E-state index contributed by atoms with van der Waals surface area (Å²) in [5.74, 6) is -0.274. The van der Waals surface area contributed by atoms with Gasteiger partial charge in [-0.05, 0) is 38.0 Å². The normalized spacial score (nSPS) is 17.7. The Morgan fingerprint density at radius 3 is 2.46 bits per heavy atom. The van der Waals surface area contributed by atoms with Gasteiger partial charge < -0.3 is 9.64 Å². The van der Waals surface area contributed by atoms with Gasteiger partial charge in [0.2, 0.25) is 10.0 Å². The molecule has 1 aliphatic heterocycles. The maximum absolute atomic E-state index is 13.0. The van der Waals surface area contributed by atoms with Gasteiger partial charge in [0, 0.05) is 32.8 Å². The van der Waals surface area contributed by atoms with Gasteiger partial charge in [-0.15, -0.1) is 0 Å². The lowest BCUT2D eigenvalue weighted by Crippen LogP contribution is -2.37. The van der Waals surface area contributed by atoms with Crippen molar-refractivity contribution in [2.24, 2.45) is 0 Å². The van der Waals surface area contributed by atoms with Gasteiger partial charge in [0.15, 0.2) is 0 Å². The molecule has 1 aromatic rings. The molecule has 1 heterocycles. The second-order valence-corrected chi connectivity index (χ2v) is 8.55. The highest BCUT2D eigenvalue weighted by atomic mass is 35.5. The molecular weight excluding hydrogens is 376 g/mol. The molecule has 0 bridgehead atoms. The number of hydrogen-bond donors (Lipinski definition) is 0. The minimum absolute atomic E-state index is 0.0280. The summed E-state index contributed by atoms with van der Waals surface area (Å²) in [5.41, 5.74) is 0.208. The van der Waals surface area contributed by atoms with E-state index in [0.29, 0.717) is 26.2 Å². The van der Waals surface area contributed by atoms with Gasteiger partial charge >= 0.3 is 0 Å². The number of amides is 1. The van der Waals surface area contributed by atoms with E-state index in [0.717, 1.165) is 19.4 Å². The highest BCUT2D eigenvalue weighted by Crippen LogP contribution is 2.25. The van der Waals surface area contributed by atoms with Crippen LogP contribution in [0.25, 0.3) is 0 Å². The van der Waals surface area contributed by atoms with Gasteiger partial charge in [0.1, 0.15) is 0 Å². The molecule has 1 aliphatic rings. The summed E-state index contributed by atoms with van der Waals surface area (Å²) in [6.45, 7) is 7.88. The number of halogens is 1. The first kappa shape index (κ1) is 21.2. The Hall–Kier alpha value is -1.15. The minimum Gasteiger partial charge on any atom is -0.376 e. The summed E-state index contributed by atoms with van der Waals surface area (Å²) in [7, 11) is -3.65. The Morgan fingerprint density at radius 1 is 1.23 bits per heavy atom. The summed E-state index contributed by atoms with van der Waals surface area (Å²) < 4.78 is 32.4. The molecular formula is C18H27ClN2O4S. The second kappa shape index (κ2) is 9.17. The van der Waals surface area contributed by atoms with E-state index >= 15 is 0 Å². The van der Waals surface area contributed by atoms with Crippen molar-refractivity contribution >= 4 is 27.5 Å². The second-order valence-electron chi connectivity index (χ2n) is 6.21. The van der Waals surface area contributed by atoms with Crippen LogP contribution in [0, 0.1) is 0 Å². The van der Waals surface area contributed by atoms with Crippen LogP contribution in [0.3, 0.4) is 0 Å². The Balaban J connectivity index is 2.31. The van der Waals surface area contributed by atoms with Crippen LogP contribution in [-0.2, 0) is 14.8 Å². The minimum atomic E-state index is -3.65. The third-order valence-corrected chi connectivity index (χ3v) is 7.00. The molecule has 1 fully saturated rings. The van der Waals surface area contributed by atoms with Crippen LogP contribution in [-0.4, -0.2) is 62.4 Å². The Kier molecular flexibility index (Phi) is 7.46. The van der Waals surface area contributed by atoms with Crippen molar-refractivity contribution in [2.75, 3.05) is 32.8 Å². The average Bonchev–Trinajstić information content (AvgIpc) is 3.13. The third-order valence-electron chi connectivity index (χ3n) is 4.63. The lowest BCUT2D eigenvalue weighted by molar-refractivity contribution is 0.0539. The van der Waals surface area contributed by atoms with Crippen molar-refractivity contribution in [1.82, 2.24) is 9.21 Å². The smallest absolute Gasteiger partial charge is 0.255 e. The fourth-order valence-corrected chi connectivity index (χ4v) is 4.78. The topological polar surface area (TPSA) is 66.9 Å². The number of ether oxygens (including phenoxy) is 1. The largest absolute Gasteiger partial charge is 0.376 e. The van der Waals surface area contributed by atoms with E-state index in [1.807, 2.05) is 6.92 Å². The van der Waals surface area contributed by atoms with Crippen molar-refractivity contribution < 1.29 is 17.9 Å². The molecule has 1 aromatic carbocycles. The van der Waals surface area contributed by atoms with Crippen LogP contribution in [0.5, 0.6) is 0 Å². The predicted octanol–water partition coefficient (Wildman–Crippen LogP) is 3.01. The standard InChI is InChI=1S/C18H27ClN2O4S/c1-4-20(13-14-8-7-11-25-14)18(22)16-12-15(9-10-17(16)19)26(23,24)21(5-2)6-3/h9-10,12,14H,4-8,11,13H2,1-3H3. The fraction of sp³-hybridized carbons (Fsp3) is 0.611. The van der Waals surface area contributed by atoms with E-state index in [-0.39, 0.29) is 27.5 Å². The number of rotatable bonds is 8. The van der Waals surface area contributed by atoms with Crippen molar-refractivity contribution in [2.45, 2.75) is 44.6 Å². The molecule has 0 spiro atoms. The van der Waals surface area contributed by atoms with E-state index in [1.165, 1.54) is 22.5 Å². The first-order valence-electron chi connectivity index (χ1n) is 9.05. The third kappa shape index (κ3) is 4.57. The summed E-state index contributed by atoms with van der Waals surface area (Å²) >= 11 is 6.22. The summed E-state index contributed by atoms with van der Waals surface area (Å²) in [5, 5.41) is 0.249. The molecule has 26 heavy (non-hydrogen) atoms. The number of carbonyl (C=O) groups excluding carboxylic acids is 1. The molecule has 1 unspecified atom stereocenters. The zero-order chi connectivity index (χ0) is 19.3. The van der Waals surface area contributed by atoms with Gasteiger partial charge in [-0.3, -0.25) is 4.79 Å². The van der Waals surface area contributed by atoms with E-state index in [1.54, 1.807) is 18.7 Å². The van der Waals surface area contributed by atoms with Crippen LogP contribution in [0.1, 0.15) is 44.0 Å². The molecule has 1 atom stereocenters. The SMILES string of the molecule is CCN(CC1CCCO1)C(=O)c1cc(S(=O)(=O)N(CC)CC)ccc1Cl. The van der Waals surface area contributed by atoms with Crippen molar-refractivity contribution in [3.05, 3.63) is 28.8 Å².